The molecule has 118 valence electrons. The van der Waals surface area contributed by atoms with E-state index >= 15 is 0 Å². The van der Waals surface area contributed by atoms with Gasteiger partial charge in [0.05, 0.1) is 12.4 Å². The molecule has 1 aromatic heterocycles. The van der Waals surface area contributed by atoms with Gasteiger partial charge in [-0.3, -0.25) is 4.90 Å². The van der Waals surface area contributed by atoms with Gasteiger partial charge in [0.15, 0.2) is 0 Å². The SMILES string of the molecule is O[C@H]1CCN(Cc2cnc[nH]2)CC[C@@H]1Oc1ccc(F)cc1. The minimum atomic E-state index is -0.517. The van der Waals surface area contributed by atoms with Gasteiger partial charge >= 0.3 is 0 Å². The number of ether oxygens (including phenoxy) is 1. The zero-order valence-electron chi connectivity index (χ0n) is 12.3. The van der Waals surface area contributed by atoms with Crippen LogP contribution in [-0.2, 0) is 6.54 Å². The van der Waals surface area contributed by atoms with Crippen molar-refractivity contribution in [1.29, 1.82) is 0 Å². The fourth-order valence-corrected chi connectivity index (χ4v) is 2.71. The molecule has 2 aromatic rings. The second-order valence-electron chi connectivity index (χ2n) is 5.61. The van der Waals surface area contributed by atoms with Crippen molar-refractivity contribution in [2.45, 2.75) is 31.6 Å². The smallest absolute Gasteiger partial charge is 0.126 e. The minimum absolute atomic E-state index is 0.266. The van der Waals surface area contributed by atoms with E-state index in [-0.39, 0.29) is 11.9 Å². The summed E-state index contributed by atoms with van der Waals surface area (Å²) in [4.78, 5) is 9.38. The van der Waals surface area contributed by atoms with Crippen LogP contribution in [0.2, 0.25) is 0 Å². The largest absolute Gasteiger partial charge is 0.488 e. The summed E-state index contributed by atoms with van der Waals surface area (Å²) >= 11 is 0. The van der Waals surface area contributed by atoms with E-state index in [0.717, 1.165) is 31.7 Å². The number of likely N-dealkylation sites (tertiary alicyclic amines) is 1. The molecule has 6 heteroatoms. The second-order valence-corrected chi connectivity index (χ2v) is 5.61. The lowest BCUT2D eigenvalue weighted by molar-refractivity contribution is 0.0349. The summed E-state index contributed by atoms with van der Waals surface area (Å²) in [6.07, 6.45) is 4.08. The summed E-state index contributed by atoms with van der Waals surface area (Å²) in [6.45, 7) is 2.43. The first kappa shape index (κ1) is 15.0. The first-order chi connectivity index (χ1) is 10.7. The number of hydrogen-bond acceptors (Lipinski definition) is 4. The Bertz CT molecular complexity index is 574. The van der Waals surface area contributed by atoms with Crippen molar-refractivity contribution in [3.8, 4) is 5.75 Å². The highest BCUT2D eigenvalue weighted by Crippen LogP contribution is 2.20. The van der Waals surface area contributed by atoms with Crippen molar-refractivity contribution in [2.24, 2.45) is 0 Å². The summed E-state index contributed by atoms with van der Waals surface area (Å²) in [6, 6.07) is 5.91. The Morgan fingerprint density at radius 3 is 2.77 bits per heavy atom. The number of benzene rings is 1. The third-order valence-corrected chi connectivity index (χ3v) is 3.95. The molecule has 5 nitrogen and oxygen atoms in total. The summed E-state index contributed by atoms with van der Waals surface area (Å²) in [5.74, 6) is 0.298. The van der Waals surface area contributed by atoms with E-state index in [4.69, 9.17) is 4.74 Å². The molecule has 0 spiro atoms. The Kier molecular flexibility index (Phi) is 4.70. The Labute approximate surface area is 128 Å². The molecule has 2 heterocycles. The van der Waals surface area contributed by atoms with Gasteiger partial charge in [-0.25, -0.2) is 9.37 Å². The first-order valence-electron chi connectivity index (χ1n) is 7.50. The maximum Gasteiger partial charge on any atom is 0.126 e. The lowest BCUT2D eigenvalue weighted by Gasteiger charge is -2.21. The fraction of sp³-hybridized carbons (Fsp3) is 0.438. The molecule has 2 N–H and O–H groups in total. The summed E-state index contributed by atoms with van der Waals surface area (Å²) in [5.41, 5.74) is 1.06. The Morgan fingerprint density at radius 1 is 1.27 bits per heavy atom. The van der Waals surface area contributed by atoms with Gasteiger partial charge in [-0.1, -0.05) is 0 Å². The fourth-order valence-electron chi connectivity index (χ4n) is 2.71. The summed E-state index contributed by atoms with van der Waals surface area (Å²) in [7, 11) is 0. The molecule has 0 unspecified atom stereocenters. The first-order valence-corrected chi connectivity index (χ1v) is 7.50. The van der Waals surface area contributed by atoms with Crippen LogP contribution in [0.15, 0.2) is 36.8 Å². The molecular formula is C16H20FN3O2. The van der Waals surface area contributed by atoms with Gasteiger partial charge in [0.25, 0.3) is 0 Å². The zero-order valence-corrected chi connectivity index (χ0v) is 12.3. The van der Waals surface area contributed by atoms with Gasteiger partial charge in [0.1, 0.15) is 17.7 Å². The molecule has 1 aromatic carbocycles. The number of aliphatic hydroxyl groups is 1. The van der Waals surface area contributed by atoms with Crippen LogP contribution in [0.5, 0.6) is 5.75 Å². The molecular weight excluding hydrogens is 285 g/mol. The number of hydrogen-bond donors (Lipinski definition) is 2. The predicted octanol–water partition coefficient (Wildman–Crippen LogP) is 1.95. The summed E-state index contributed by atoms with van der Waals surface area (Å²) in [5, 5.41) is 10.3. The number of H-pyrrole nitrogens is 1. The Morgan fingerprint density at radius 2 is 2.05 bits per heavy atom. The van der Waals surface area contributed by atoms with Gasteiger partial charge < -0.3 is 14.8 Å². The zero-order chi connectivity index (χ0) is 15.4. The van der Waals surface area contributed by atoms with E-state index in [9.17, 15) is 9.50 Å². The molecule has 1 aliphatic heterocycles. The van der Waals surface area contributed by atoms with Crippen LogP contribution in [0.4, 0.5) is 4.39 Å². The standard InChI is InChI=1S/C16H20FN3O2/c17-12-1-3-14(4-2-12)22-16-6-8-20(7-5-15(16)21)10-13-9-18-11-19-13/h1-4,9,11,15-16,21H,5-8,10H2,(H,18,19)/t15-,16-/m0/s1. The Balaban J connectivity index is 1.58. The molecule has 1 aliphatic rings. The third kappa shape index (κ3) is 3.84. The van der Waals surface area contributed by atoms with E-state index in [0.29, 0.717) is 12.2 Å². The second kappa shape index (κ2) is 6.89. The molecule has 0 saturated carbocycles. The van der Waals surface area contributed by atoms with Crippen molar-refractivity contribution in [1.82, 2.24) is 14.9 Å². The predicted molar refractivity (Wildman–Crippen MR) is 79.9 cm³/mol. The van der Waals surface area contributed by atoms with E-state index < -0.39 is 6.10 Å². The van der Waals surface area contributed by atoms with Crippen molar-refractivity contribution in [3.63, 3.8) is 0 Å². The highest BCUT2D eigenvalue weighted by Gasteiger charge is 2.26. The molecule has 0 radical (unpaired) electrons. The number of halogens is 1. The van der Waals surface area contributed by atoms with Crippen LogP contribution in [0.1, 0.15) is 18.5 Å². The maximum atomic E-state index is 12.9. The highest BCUT2D eigenvalue weighted by molar-refractivity contribution is 5.22. The normalized spacial score (nSPS) is 23.2. The molecule has 1 saturated heterocycles. The van der Waals surface area contributed by atoms with Crippen molar-refractivity contribution < 1.29 is 14.2 Å². The molecule has 3 rings (SSSR count). The van der Waals surface area contributed by atoms with Crippen LogP contribution in [-0.4, -0.2) is 45.3 Å². The van der Waals surface area contributed by atoms with E-state index in [1.807, 2.05) is 6.20 Å². The number of aromatic nitrogens is 2. The molecule has 0 bridgehead atoms. The lowest BCUT2D eigenvalue weighted by Crippen LogP contribution is -2.31. The van der Waals surface area contributed by atoms with Crippen LogP contribution < -0.4 is 4.74 Å². The van der Waals surface area contributed by atoms with Gasteiger partial charge in [-0.05, 0) is 37.1 Å². The van der Waals surface area contributed by atoms with Crippen LogP contribution in [0.3, 0.4) is 0 Å². The molecule has 1 fully saturated rings. The number of imidazole rings is 1. The monoisotopic (exact) mass is 305 g/mol. The topological polar surface area (TPSA) is 61.4 Å². The minimum Gasteiger partial charge on any atom is -0.488 e. The molecule has 0 amide bonds. The van der Waals surface area contributed by atoms with Gasteiger partial charge in [-0.15, -0.1) is 0 Å². The van der Waals surface area contributed by atoms with Crippen molar-refractivity contribution in [2.75, 3.05) is 13.1 Å². The number of nitrogens with zero attached hydrogens (tertiary/aromatic N) is 2. The molecule has 22 heavy (non-hydrogen) atoms. The van der Waals surface area contributed by atoms with E-state index in [2.05, 4.69) is 14.9 Å². The van der Waals surface area contributed by atoms with E-state index in [1.54, 1.807) is 18.5 Å². The quantitative estimate of drug-likeness (QED) is 0.906. The average molecular weight is 305 g/mol. The van der Waals surface area contributed by atoms with Gasteiger partial charge in [0, 0.05) is 31.5 Å². The molecule has 2 atom stereocenters. The lowest BCUT2D eigenvalue weighted by atomic mass is 10.1. The highest BCUT2D eigenvalue weighted by atomic mass is 19.1. The number of aliphatic hydroxyl groups excluding tert-OH is 1. The number of aromatic amines is 1. The summed E-state index contributed by atoms with van der Waals surface area (Å²) < 4.78 is 18.7. The van der Waals surface area contributed by atoms with Crippen LogP contribution in [0.25, 0.3) is 0 Å². The average Bonchev–Trinajstić information content (AvgIpc) is 2.97. The van der Waals surface area contributed by atoms with Crippen molar-refractivity contribution in [3.05, 3.63) is 48.3 Å². The maximum absolute atomic E-state index is 12.9. The van der Waals surface area contributed by atoms with Gasteiger partial charge in [-0.2, -0.15) is 0 Å². The number of rotatable bonds is 4. The van der Waals surface area contributed by atoms with Crippen molar-refractivity contribution >= 4 is 0 Å². The third-order valence-electron chi connectivity index (χ3n) is 3.95. The Hall–Kier alpha value is -1.92. The number of nitrogens with one attached hydrogen (secondary N) is 1. The van der Waals surface area contributed by atoms with Gasteiger partial charge in [0.2, 0.25) is 0 Å². The van der Waals surface area contributed by atoms with Crippen LogP contribution >= 0.6 is 0 Å². The van der Waals surface area contributed by atoms with Crippen LogP contribution in [0, 0.1) is 5.82 Å². The molecule has 0 aliphatic carbocycles. The van der Waals surface area contributed by atoms with E-state index in [1.165, 1.54) is 12.1 Å².